The van der Waals surface area contributed by atoms with Gasteiger partial charge in [0.2, 0.25) is 5.82 Å². The van der Waals surface area contributed by atoms with Crippen LogP contribution in [0.5, 0.6) is 11.5 Å². The van der Waals surface area contributed by atoms with Crippen molar-refractivity contribution in [1.82, 2.24) is 0 Å². The average molecular weight is 457 g/mol. The number of halogens is 3. The van der Waals surface area contributed by atoms with Gasteiger partial charge in [0.05, 0.1) is 12.7 Å². The van der Waals surface area contributed by atoms with Crippen molar-refractivity contribution < 1.29 is 27.8 Å². The summed E-state index contributed by atoms with van der Waals surface area (Å²) < 4.78 is 53.8. The molecule has 0 aromatic heterocycles. The van der Waals surface area contributed by atoms with Crippen molar-refractivity contribution in [2.24, 2.45) is 0 Å². The Labute approximate surface area is 192 Å². The van der Waals surface area contributed by atoms with Gasteiger partial charge in [-0.25, -0.2) is 8.78 Å². The summed E-state index contributed by atoms with van der Waals surface area (Å²) in [7, 11) is 0. The smallest absolute Gasteiger partial charge is 0.201 e. The van der Waals surface area contributed by atoms with Gasteiger partial charge in [-0.05, 0) is 53.8 Å². The van der Waals surface area contributed by atoms with Crippen molar-refractivity contribution in [2.75, 3.05) is 6.61 Å². The van der Waals surface area contributed by atoms with E-state index in [1.54, 1.807) is 42.5 Å². The first-order valence-corrected chi connectivity index (χ1v) is 10.9. The molecular formula is C27H27F3O3. The predicted molar refractivity (Wildman–Crippen MR) is 123 cm³/mol. The van der Waals surface area contributed by atoms with E-state index in [9.17, 15) is 18.3 Å². The highest BCUT2D eigenvalue weighted by Gasteiger charge is 2.19. The first kappa shape index (κ1) is 24.4. The monoisotopic (exact) mass is 456 g/mol. The fraction of sp³-hybridized carbons (Fsp3) is 0.259. The minimum absolute atomic E-state index is 0.0257. The van der Waals surface area contributed by atoms with Gasteiger partial charge in [-0.15, -0.1) is 6.58 Å². The van der Waals surface area contributed by atoms with Crippen LogP contribution in [-0.2, 0) is 6.61 Å². The van der Waals surface area contributed by atoms with Crippen molar-refractivity contribution >= 4 is 0 Å². The van der Waals surface area contributed by atoms with Crippen molar-refractivity contribution in [1.29, 1.82) is 0 Å². The molecule has 0 saturated carbocycles. The number of hydrogen-bond donors (Lipinski definition) is 1. The SMILES string of the molecule is C=CCCOc1ccc(-c2ccc(COc3ccc(C(O)CCC)c(F)c3F)cc2)cc1F. The lowest BCUT2D eigenvalue weighted by atomic mass is 10.0. The molecule has 6 heteroatoms. The Morgan fingerprint density at radius 2 is 1.61 bits per heavy atom. The maximum Gasteiger partial charge on any atom is 0.201 e. The summed E-state index contributed by atoms with van der Waals surface area (Å²) >= 11 is 0. The molecule has 0 spiro atoms. The van der Waals surface area contributed by atoms with Crippen molar-refractivity contribution in [3.05, 3.63) is 95.8 Å². The Bertz CT molecular complexity index is 1080. The molecule has 1 N–H and O–H groups in total. The third-order valence-electron chi connectivity index (χ3n) is 5.19. The molecule has 174 valence electrons. The molecule has 0 bridgehead atoms. The van der Waals surface area contributed by atoms with E-state index >= 15 is 0 Å². The molecule has 0 aliphatic carbocycles. The van der Waals surface area contributed by atoms with Crippen LogP contribution < -0.4 is 9.47 Å². The summed E-state index contributed by atoms with van der Waals surface area (Å²) in [4.78, 5) is 0. The number of hydrogen-bond acceptors (Lipinski definition) is 3. The van der Waals surface area contributed by atoms with Crippen LogP contribution >= 0.6 is 0 Å². The third kappa shape index (κ3) is 6.17. The molecule has 3 rings (SSSR count). The van der Waals surface area contributed by atoms with E-state index in [1.807, 2.05) is 6.92 Å². The number of ether oxygens (including phenoxy) is 2. The highest BCUT2D eigenvalue weighted by molar-refractivity contribution is 5.64. The van der Waals surface area contributed by atoms with Crippen molar-refractivity contribution in [3.63, 3.8) is 0 Å². The summed E-state index contributed by atoms with van der Waals surface area (Å²) in [5.41, 5.74) is 2.14. The van der Waals surface area contributed by atoms with E-state index in [0.717, 1.165) is 11.1 Å². The van der Waals surface area contributed by atoms with E-state index in [-0.39, 0.29) is 23.7 Å². The van der Waals surface area contributed by atoms with Crippen LogP contribution in [0, 0.1) is 17.5 Å². The van der Waals surface area contributed by atoms with Gasteiger partial charge in [0.25, 0.3) is 0 Å². The lowest BCUT2D eigenvalue weighted by molar-refractivity contribution is 0.160. The second kappa shape index (κ2) is 11.6. The standard InChI is InChI=1S/C27H27F3O3/c1-3-5-15-32-24-13-11-20(16-22(24)28)19-9-7-18(8-10-19)17-33-25-14-12-21(23(31)6-4-2)26(29)27(25)30/h3,7-14,16,23,31H,1,4-6,15,17H2,2H3. The zero-order valence-corrected chi connectivity index (χ0v) is 18.5. The lowest BCUT2D eigenvalue weighted by Gasteiger charge is -2.14. The lowest BCUT2D eigenvalue weighted by Crippen LogP contribution is -2.05. The number of benzene rings is 3. The highest BCUT2D eigenvalue weighted by Crippen LogP contribution is 2.30. The minimum atomic E-state index is -1.12. The second-order valence-corrected chi connectivity index (χ2v) is 7.64. The van der Waals surface area contributed by atoms with Crippen LogP contribution in [0.1, 0.15) is 43.4 Å². The van der Waals surface area contributed by atoms with Gasteiger partial charge in [0.15, 0.2) is 23.1 Å². The fourth-order valence-electron chi connectivity index (χ4n) is 3.35. The van der Waals surface area contributed by atoms with Gasteiger partial charge >= 0.3 is 0 Å². The van der Waals surface area contributed by atoms with Crippen LogP contribution in [0.15, 0.2) is 67.3 Å². The zero-order valence-electron chi connectivity index (χ0n) is 18.5. The molecule has 3 nitrogen and oxygen atoms in total. The maximum atomic E-state index is 14.4. The Morgan fingerprint density at radius 3 is 2.27 bits per heavy atom. The predicted octanol–water partition coefficient (Wildman–Crippen LogP) is 7.14. The normalized spacial score (nSPS) is 11.8. The molecule has 1 unspecified atom stereocenters. The molecule has 0 heterocycles. The molecule has 0 aliphatic rings. The Morgan fingerprint density at radius 1 is 0.909 bits per heavy atom. The summed E-state index contributed by atoms with van der Waals surface area (Å²) in [5.74, 6) is -2.70. The van der Waals surface area contributed by atoms with E-state index in [2.05, 4.69) is 6.58 Å². The zero-order chi connectivity index (χ0) is 23.8. The molecule has 0 saturated heterocycles. The number of rotatable bonds is 11. The topological polar surface area (TPSA) is 38.7 Å². The third-order valence-corrected chi connectivity index (χ3v) is 5.19. The molecule has 33 heavy (non-hydrogen) atoms. The summed E-state index contributed by atoms with van der Waals surface area (Å²) in [6.07, 6.45) is 2.28. The number of aliphatic hydroxyl groups is 1. The van der Waals surface area contributed by atoms with E-state index in [1.165, 1.54) is 18.2 Å². The van der Waals surface area contributed by atoms with Crippen LogP contribution in [-0.4, -0.2) is 11.7 Å². The summed E-state index contributed by atoms with van der Waals surface area (Å²) in [5, 5.41) is 9.94. The van der Waals surface area contributed by atoms with Crippen molar-refractivity contribution in [2.45, 2.75) is 38.9 Å². The van der Waals surface area contributed by atoms with Crippen LogP contribution in [0.4, 0.5) is 13.2 Å². The molecule has 3 aromatic rings. The van der Waals surface area contributed by atoms with E-state index in [0.29, 0.717) is 31.4 Å². The molecule has 3 aromatic carbocycles. The van der Waals surface area contributed by atoms with Gasteiger partial charge in [0, 0.05) is 5.56 Å². The largest absolute Gasteiger partial charge is 0.490 e. The summed E-state index contributed by atoms with van der Waals surface area (Å²) in [6.45, 7) is 5.84. The first-order chi connectivity index (χ1) is 15.9. The Balaban J connectivity index is 1.65. The molecular weight excluding hydrogens is 429 g/mol. The first-order valence-electron chi connectivity index (χ1n) is 10.9. The van der Waals surface area contributed by atoms with Gasteiger partial charge in [0.1, 0.15) is 6.61 Å². The summed E-state index contributed by atoms with van der Waals surface area (Å²) in [6, 6.07) is 14.6. The molecule has 0 aliphatic heterocycles. The van der Waals surface area contributed by atoms with Gasteiger partial charge in [-0.2, -0.15) is 4.39 Å². The van der Waals surface area contributed by atoms with Crippen LogP contribution in [0.3, 0.4) is 0 Å². The van der Waals surface area contributed by atoms with E-state index < -0.39 is 23.6 Å². The minimum Gasteiger partial charge on any atom is -0.490 e. The van der Waals surface area contributed by atoms with E-state index in [4.69, 9.17) is 9.47 Å². The van der Waals surface area contributed by atoms with Crippen LogP contribution in [0.2, 0.25) is 0 Å². The maximum absolute atomic E-state index is 14.4. The number of aliphatic hydroxyl groups excluding tert-OH is 1. The average Bonchev–Trinajstić information content (AvgIpc) is 2.81. The fourth-order valence-corrected chi connectivity index (χ4v) is 3.35. The highest BCUT2D eigenvalue weighted by atomic mass is 19.2. The van der Waals surface area contributed by atoms with Gasteiger partial charge in [-0.1, -0.05) is 49.8 Å². The Hall–Kier alpha value is -3.25. The molecule has 0 fully saturated rings. The molecule has 0 radical (unpaired) electrons. The van der Waals surface area contributed by atoms with Crippen LogP contribution in [0.25, 0.3) is 11.1 Å². The van der Waals surface area contributed by atoms with Gasteiger partial charge in [-0.3, -0.25) is 0 Å². The molecule has 1 atom stereocenters. The molecule has 0 amide bonds. The van der Waals surface area contributed by atoms with Gasteiger partial charge < -0.3 is 14.6 Å². The quantitative estimate of drug-likeness (QED) is 0.246. The second-order valence-electron chi connectivity index (χ2n) is 7.64. The van der Waals surface area contributed by atoms with Crippen molar-refractivity contribution in [3.8, 4) is 22.6 Å². The Kier molecular flexibility index (Phi) is 8.55.